The number of ether oxygens (including phenoxy) is 1. The van der Waals surface area contributed by atoms with Gasteiger partial charge in [0, 0.05) is 10.5 Å². The van der Waals surface area contributed by atoms with Crippen molar-refractivity contribution in [3.63, 3.8) is 0 Å². The average Bonchev–Trinajstić information content (AvgIpc) is 2.51. The second kappa shape index (κ2) is 6.12. The zero-order chi connectivity index (χ0) is 14.7. The van der Waals surface area contributed by atoms with E-state index in [-0.39, 0.29) is 0 Å². The summed E-state index contributed by atoms with van der Waals surface area (Å²) in [5, 5.41) is 11.0. The van der Waals surface area contributed by atoms with Gasteiger partial charge in [-0.3, -0.25) is 0 Å². The third-order valence-corrected chi connectivity index (χ3v) is 4.52. The molecule has 0 aliphatic heterocycles. The Morgan fingerprint density at radius 1 is 0.857 bits per heavy atom. The fraction of sp³-hybridized carbons (Fsp3) is 0.333. The van der Waals surface area contributed by atoms with Gasteiger partial charge in [-0.1, -0.05) is 49.6 Å². The average molecular weight is 300 g/mol. The number of rotatable bonds is 3. The molecule has 0 aromatic heterocycles. The largest absolute Gasteiger partial charge is 0.456 e. The second-order valence-corrected chi connectivity index (χ2v) is 6.14. The van der Waals surface area contributed by atoms with Crippen LogP contribution in [-0.2, 0) is 5.60 Å². The Labute approximate surface area is 131 Å². The molecular weight excluding hydrogens is 280 g/mol. The fourth-order valence-corrected chi connectivity index (χ4v) is 3.21. The van der Waals surface area contributed by atoms with Gasteiger partial charge < -0.3 is 9.84 Å². The Balaban J connectivity index is 1.95. The van der Waals surface area contributed by atoms with Gasteiger partial charge in [0.05, 0.1) is 5.60 Å². The van der Waals surface area contributed by atoms with Crippen LogP contribution in [0.1, 0.15) is 37.7 Å². The smallest absolute Gasteiger partial charge is 0.140 e. The van der Waals surface area contributed by atoms with E-state index in [9.17, 15) is 5.11 Å². The van der Waals surface area contributed by atoms with Crippen LogP contribution < -0.4 is 4.74 Å². The third-order valence-electron chi connectivity index (χ3n) is 4.15. The molecule has 0 amide bonds. The van der Waals surface area contributed by atoms with E-state index in [1.54, 1.807) is 0 Å². The van der Waals surface area contributed by atoms with E-state index in [2.05, 4.69) is 12.6 Å². The summed E-state index contributed by atoms with van der Waals surface area (Å²) < 4.78 is 6.02. The van der Waals surface area contributed by atoms with Gasteiger partial charge in [-0.2, -0.15) is 0 Å². The highest BCUT2D eigenvalue weighted by Gasteiger charge is 2.33. The highest BCUT2D eigenvalue weighted by Crippen LogP contribution is 2.42. The first-order valence-electron chi connectivity index (χ1n) is 7.47. The third kappa shape index (κ3) is 3.09. The lowest BCUT2D eigenvalue weighted by molar-refractivity contribution is -0.00224. The van der Waals surface area contributed by atoms with Crippen LogP contribution in [-0.4, -0.2) is 5.11 Å². The van der Waals surface area contributed by atoms with Gasteiger partial charge in [0.15, 0.2) is 0 Å². The molecule has 2 nitrogen and oxygen atoms in total. The SMILES string of the molecule is OC1(c2ccccc2Oc2ccccc2S)CCCCC1. The van der Waals surface area contributed by atoms with Crippen molar-refractivity contribution >= 4 is 12.6 Å². The molecule has 1 aliphatic carbocycles. The quantitative estimate of drug-likeness (QED) is 0.788. The maximum absolute atomic E-state index is 11.0. The molecule has 0 atom stereocenters. The topological polar surface area (TPSA) is 29.5 Å². The van der Waals surface area contributed by atoms with E-state index in [4.69, 9.17) is 4.74 Å². The lowest BCUT2D eigenvalue weighted by Gasteiger charge is -2.33. The van der Waals surface area contributed by atoms with E-state index in [1.165, 1.54) is 6.42 Å². The minimum Gasteiger partial charge on any atom is -0.456 e. The van der Waals surface area contributed by atoms with Gasteiger partial charge >= 0.3 is 0 Å². The molecule has 0 unspecified atom stereocenters. The minimum absolute atomic E-state index is 0.715. The van der Waals surface area contributed by atoms with Crippen molar-refractivity contribution in [3.8, 4) is 11.5 Å². The molecule has 3 heteroatoms. The van der Waals surface area contributed by atoms with Crippen LogP contribution in [0.5, 0.6) is 11.5 Å². The maximum atomic E-state index is 11.0. The van der Waals surface area contributed by atoms with Crippen LogP contribution in [0.2, 0.25) is 0 Å². The monoisotopic (exact) mass is 300 g/mol. The van der Waals surface area contributed by atoms with Crippen molar-refractivity contribution in [1.82, 2.24) is 0 Å². The van der Waals surface area contributed by atoms with Gasteiger partial charge in [-0.15, -0.1) is 12.6 Å². The molecule has 1 aliphatic rings. The molecule has 3 rings (SSSR count). The van der Waals surface area contributed by atoms with Crippen LogP contribution in [0.3, 0.4) is 0 Å². The summed E-state index contributed by atoms with van der Waals surface area (Å²) in [4.78, 5) is 0.794. The summed E-state index contributed by atoms with van der Waals surface area (Å²) in [6.07, 6.45) is 4.93. The molecule has 1 saturated carbocycles. The van der Waals surface area contributed by atoms with E-state index in [0.29, 0.717) is 5.75 Å². The minimum atomic E-state index is -0.764. The molecule has 2 aromatic rings. The van der Waals surface area contributed by atoms with Gasteiger partial charge in [0.2, 0.25) is 0 Å². The number of para-hydroxylation sites is 2. The van der Waals surface area contributed by atoms with Crippen molar-refractivity contribution in [1.29, 1.82) is 0 Å². The number of hydrogen-bond donors (Lipinski definition) is 2. The molecule has 2 aromatic carbocycles. The van der Waals surface area contributed by atoms with Gasteiger partial charge in [-0.25, -0.2) is 0 Å². The fourth-order valence-electron chi connectivity index (χ4n) is 3.01. The van der Waals surface area contributed by atoms with Crippen molar-refractivity contribution in [2.24, 2.45) is 0 Å². The van der Waals surface area contributed by atoms with E-state index in [1.807, 2.05) is 48.5 Å². The van der Waals surface area contributed by atoms with Crippen molar-refractivity contribution in [2.45, 2.75) is 42.6 Å². The molecule has 0 radical (unpaired) electrons. The molecule has 1 fully saturated rings. The van der Waals surface area contributed by atoms with Crippen LogP contribution in [0.15, 0.2) is 53.4 Å². The van der Waals surface area contributed by atoms with Crippen molar-refractivity contribution < 1.29 is 9.84 Å². The Morgan fingerprint density at radius 3 is 2.19 bits per heavy atom. The summed E-state index contributed by atoms with van der Waals surface area (Å²) in [6.45, 7) is 0. The molecule has 0 spiro atoms. The van der Waals surface area contributed by atoms with E-state index in [0.717, 1.165) is 41.9 Å². The van der Waals surface area contributed by atoms with Gasteiger partial charge in [-0.05, 0) is 31.0 Å². The highest BCUT2D eigenvalue weighted by atomic mass is 32.1. The molecular formula is C18H20O2S. The molecule has 110 valence electrons. The van der Waals surface area contributed by atoms with Crippen LogP contribution in [0.4, 0.5) is 0 Å². The summed E-state index contributed by atoms with van der Waals surface area (Å²) >= 11 is 4.42. The van der Waals surface area contributed by atoms with Crippen LogP contribution >= 0.6 is 12.6 Å². The Hall–Kier alpha value is -1.45. The normalized spacial score (nSPS) is 17.4. The zero-order valence-electron chi connectivity index (χ0n) is 12.0. The summed E-state index contributed by atoms with van der Waals surface area (Å²) in [5.41, 5.74) is 0.127. The predicted octanol–water partition coefficient (Wildman–Crippen LogP) is 4.92. The van der Waals surface area contributed by atoms with E-state index < -0.39 is 5.60 Å². The highest BCUT2D eigenvalue weighted by molar-refractivity contribution is 7.80. The first-order chi connectivity index (χ1) is 10.2. The van der Waals surface area contributed by atoms with Crippen molar-refractivity contribution in [2.75, 3.05) is 0 Å². The number of hydrogen-bond acceptors (Lipinski definition) is 3. The van der Waals surface area contributed by atoms with Crippen LogP contribution in [0, 0.1) is 0 Å². The van der Waals surface area contributed by atoms with Gasteiger partial charge in [0.25, 0.3) is 0 Å². The first-order valence-corrected chi connectivity index (χ1v) is 7.91. The summed E-state index contributed by atoms with van der Waals surface area (Å²) in [6, 6.07) is 15.4. The van der Waals surface area contributed by atoms with Gasteiger partial charge in [0.1, 0.15) is 11.5 Å². The Kier molecular flexibility index (Phi) is 4.22. The number of thiol groups is 1. The summed E-state index contributed by atoms with van der Waals surface area (Å²) in [5.74, 6) is 1.44. The van der Waals surface area contributed by atoms with E-state index >= 15 is 0 Å². The number of benzene rings is 2. The molecule has 1 N–H and O–H groups in total. The predicted molar refractivity (Wildman–Crippen MR) is 87.2 cm³/mol. The Morgan fingerprint density at radius 2 is 1.48 bits per heavy atom. The second-order valence-electron chi connectivity index (χ2n) is 5.66. The maximum Gasteiger partial charge on any atom is 0.140 e. The Bertz CT molecular complexity index is 618. The lowest BCUT2D eigenvalue weighted by Crippen LogP contribution is -2.28. The lowest BCUT2D eigenvalue weighted by atomic mass is 9.79. The molecule has 21 heavy (non-hydrogen) atoms. The van der Waals surface area contributed by atoms with Crippen LogP contribution in [0.25, 0.3) is 0 Å². The summed E-state index contributed by atoms with van der Waals surface area (Å²) in [7, 11) is 0. The molecule has 0 heterocycles. The molecule has 0 bridgehead atoms. The first kappa shape index (κ1) is 14.5. The standard InChI is InChI=1S/C18H20O2S/c19-18(12-6-1-7-13-18)14-8-2-3-9-15(14)20-16-10-4-5-11-17(16)21/h2-5,8-11,19,21H,1,6-7,12-13H2. The van der Waals surface area contributed by atoms with Crippen molar-refractivity contribution in [3.05, 3.63) is 54.1 Å². The zero-order valence-corrected chi connectivity index (χ0v) is 12.9. The number of aliphatic hydroxyl groups is 1. The molecule has 0 saturated heterocycles.